The lowest BCUT2D eigenvalue weighted by Gasteiger charge is -2.43. The Morgan fingerprint density at radius 2 is 1.44 bits per heavy atom. The number of hydrogen-bond donors (Lipinski definition) is 2. The number of carboxylic acid groups (broad SMARTS) is 1. The number of fused-ring (bicyclic) bond motifs is 4. The maximum atomic E-state index is 14.3. The quantitative estimate of drug-likeness (QED) is 0.131. The number of ether oxygens (including phenoxy) is 1. The number of esters is 1. The van der Waals surface area contributed by atoms with Crippen LogP contribution in [0.3, 0.4) is 0 Å². The number of carboxylic acids is 1. The number of nitrogens with one attached hydrogen (secondary N) is 1. The molecule has 1 aromatic heterocycles. The summed E-state index contributed by atoms with van der Waals surface area (Å²) in [5.41, 5.74) is 7.05. The molecule has 0 amide bonds. The first-order chi connectivity index (χ1) is 25.1. The first kappa shape index (κ1) is 41.7. The van der Waals surface area contributed by atoms with E-state index in [2.05, 4.69) is 97.3 Å². The summed E-state index contributed by atoms with van der Waals surface area (Å²) in [5, 5.41) is 13.6. The van der Waals surface area contributed by atoms with Gasteiger partial charge in [0.25, 0.3) is 0 Å². The highest BCUT2D eigenvalue weighted by Gasteiger charge is 2.45. The molecule has 0 saturated carbocycles. The monoisotopic (exact) mass is 770 g/mol. The average Bonchev–Trinajstić information content (AvgIpc) is 3.41. The van der Waals surface area contributed by atoms with Crippen molar-refractivity contribution in [3.8, 4) is 11.1 Å². The Kier molecular flexibility index (Phi) is 12.1. The number of aromatic nitrogens is 1. The molecule has 0 radical (unpaired) electrons. The highest BCUT2D eigenvalue weighted by Crippen LogP contribution is 2.47. The lowest BCUT2D eigenvalue weighted by atomic mass is 9.89. The maximum Gasteiger partial charge on any atom is 0.356 e. The Bertz CT molecular complexity index is 1850. The van der Waals surface area contributed by atoms with Crippen LogP contribution in [0.2, 0.25) is 36.3 Å². The number of carbonyl (C=O) groups is 2. The van der Waals surface area contributed by atoms with Crippen molar-refractivity contribution in [1.29, 1.82) is 0 Å². The standard InChI is InChI=1S/C44H62N2O6Si2/c1-14-27(2)38(41(47)48)45-36-24-23-33-34(28(3)51-53(10,11)43(4,5)6)25-37(46-39(33)40(36)52-54(12,13)44(7,8)9)42(49)50-26-35-31-21-17-15-19-29(31)30-20-16-18-22-32(30)35/h15-25,27-28,35-36,38,40,45H,14,26H2,1-13H3,(H,47,48)/t27-,28-,36+,38-,40-/m0/s1. The summed E-state index contributed by atoms with van der Waals surface area (Å²) >= 11 is 0. The van der Waals surface area contributed by atoms with Crippen LogP contribution in [0.15, 0.2) is 60.7 Å². The van der Waals surface area contributed by atoms with E-state index in [-0.39, 0.29) is 40.3 Å². The molecule has 0 spiro atoms. The predicted octanol–water partition coefficient (Wildman–Crippen LogP) is 10.7. The first-order valence-corrected chi connectivity index (χ1v) is 25.3. The Balaban J connectivity index is 1.61. The van der Waals surface area contributed by atoms with E-state index in [1.165, 1.54) is 0 Å². The van der Waals surface area contributed by atoms with E-state index in [1.807, 2.05) is 63.3 Å². The van der Waals surface area contributed by atoms with Gasteiger partial charge in [0.15, 0.2) is 16.6 Å². The molecule has 2 aliphatic rings. The fourth-order valence-electron chi connectivity index (χ4n) is 6.95. The predicted molar refractivity (Wildman–Crippen MR) is 223 cm³/mol. The molecule has 0 unspecified atom stereocenters. The van der Waals surface area contributed by atoms with Crippen molar-refractivity contribution < 1.29 is 28.3 Å². The molecule has 10 heteroatoms. The molecular weight excluding hydrogens is 709 g/mol. The zero-order valence-electron chi connectivity index (χ0n) is 34.7. The van der Waals surface area contributed by atoms with Crippen LogP contribution in [-0.4, -0.2) is 57.4 Å². The first-order valence-electron chi connectivity index (χ1n) is 19.5. The molecule has 8 nitrogen and oxygen atoms in total. The van der Waals surface area contributed by atoms with E-state index >= 15 is 0 Å². The summed E-state index contributed by atoms with van der Waals surface area (Å²) in [5.74, 6) is -1.65. The summed E-state index contributed by atoms with van der Waals surface area (Å²) in [7, 11) is -4.72. The van der Waals surface area contributed by atoms with Crippen LogP contribution in [-0.2, 0) is 18.4 Å². The Hall–Kier alpha value is -3.42. The van der Waals surface area contributed by atoms with E-state index in [4.69, 9.17) is 18.6 Å². The zero-order valence-corrected chi connectivity index (χ0v) is 36.7. The van der Waals surface area contributed by atoms with E-state index in [9.17, 15) is 14.7 Å². The SMILES string of the molecule is CC[C@H](C)[C@H](N[C@@H]1C=Cc2c([C@H](C)O[Si](C)(C)C(C)(C)C)cc(C(=O)OCC3c4ccccc4-c4ccccc43)nc2[C@H]1O[Si](C)(C)C(C)(C)C)C(=O)O. The molecule has 54 heavy (non-hydrogen) atoms. The zero-order chi connectivity index (χ0) is 40.0. The van der Waals surface area contributed by atoms with Crippen LogP contribution < -0.4 is 5.32 Å². The van der Waals surface area contributed by atoms with E-state index in [0.29, 0.717) is 12.1 Å². The van der Waals surface area contributed by atoms with Crippen molar-refractivity contribution in [2.24, 2.45) is 5.92 Å². The van der Waals surface area contributed by atoms with Crippen molar-refractivity contribution in [3.63, 3.8) is 0 Å². The summed E-state index contributed by atoms with van der Waals surface area (Å²) in [6.45, 7) is 28.2. The van der Waals surface area contributed by atoms with Gasteiger partial charge >= 0.3 is 11.9 Å². The molecule has 3 aromatic rings. The molecule has 5 rings (SSSR count). The highest BCUT2D eigenvalue weighted by atomic mass is 28.4. The van der Waals surface area contributed by atoms with Crippen LogP contribution in [0, 0.1) is 5.92 Å². The van der Waals surface area contributed by atoms with Crippen LogP contribution in [0.4, 0.5) is 0 Å². The molecule has 2 N–H and O–H groups in total. The average molecular weight is 771 g/mol. The van der Waals surface area contributed by atoms with Crippen molar-refractivity contribution >= 4 is 34.6 Å². The Labute approximate surface area is 325 Å². The Morgan fingerprint density at radius 3 is 1.96 bits per heavy atom. The number of benzene rings is 2. The second-order valence-electron chi connectivity index (χ2n) is 18.3. The van der Waals surface area contributed by atoms with Gasteiger partial charge in [-0.3, -0.25) is 10.1 Å². The number of pyridine rings is 1. The van der Waals surface area contributed by atoms with Gasteiger partial charge in [-0.15, -0.1) is 0 Å². The summed E-state index contributed by atoms with van der Waals surface area (Å²) in [4.78, 5) is 32.0. The minimum atomic E-state index is -2.47. The smallest absolute Gasteiger partial charge is 0.356 e. The summed E-state index contributed by atoms with van der Waals surface area (Å²) in [6.07, 6.45) is 3.69. The normalized spacial score (nSPS) is 19.1. The molecule has 0 saturated heterocycles. The van der Waals surface area contributed by atoms with Gasteiger partial charge in [0.05, 0.1) is 17.8 Å². The lowest BCUT2D eigenvalue weighted by molar-refractivity contribution is -0.141. The molecule has 5 atom stereocenters. The van der Waals surface area contributed by atoms with Gasteiger partial charge in [-0.1, -0.05) is 122 Å². The van der Waals surface area contributed by atoms with Crippen LogP contribution in [0.1, 0.15) is 125 Å². The highest BCUT2D eigenvalue weighted by molar-refractivity contribution is 6.74. The molecule has 0 fully saturated rings. The van der Waals surface area contributed by atoms with Crippen LogP contribution in [0.25, 0.3) is 17.2 Å². The second-order valence-corrected chi connectivity index (χ2v) is 27.8. The van der Waals surface area contributed by atoms with Gasteiger partial charge < -0.3 is 18.7 Å². The summed E-state index contributed by atoms with van der Waals surface area (Å²) in [6, 6.07) is 17.1. The van der Waals surface area contributed by atoms with Crippen molar-refractivity contribution in [2.75, 3.05) is 6.61 Å². The molecular formula is C44H62N2O6Si2. The fraction of sp³-hybridized carbons (Fsp3) is 0.523. The number of hydrogen-bond acceptors (Lipinski definition) is 7. The van der Waals surface area contributed by atoms with Crippen LogP contribution >= 0.6 is 0 Å². The van der Waals surface area contributed by atoms with E-state index in [1.54, 1.807) is 0 Å². The van der Waals surface area contributed by atoms with Gasteiger partial charge in [-0.25, -0.2) is 9.78 Å². The van der Waals surface area contributed by atoms with E-state index in [0.717, 1.165) is 33.4 Å². The number of carbonyl (C=O) groups excluding carboxylic acids is 1. The third-order valence-corrected chi connectivity index (χ3v) is 21.5. The molecule has 1 heterocycles. The number of nitrogens with zero attached hydrogens (tertiary/aromatic N) is 1. The third kappa shape index (κ3) is 8.38. The third-order valence-electron chi connectivity index (χ3n) is 12.5. The minimum Gasteiger partial charge on any atom is -0.480 e. The molecule has 292 valence electrons. The molecule has 2 aromatic carbocycles. The van der Waals surface area contributed by atoms with Gasteiger partial charge in [-0.05, 0) is 83.0 Å². The van der Waals surface area contributed by atoms with Gasteiger partial charge in [0.1, 0.15) is 24.4 Å². The lowest BCUT2D eigenvalue weighted by Crippen LogP contribution is -2.52. The van der Waals surface area contributed by atoms with Crippen LogP contribution in [0.5, 0.6) is 0 Å². The molecule has 0 aliphatic heterocycles. The van der Waals surface area contributed by atoms with Gasteiger partial charge in [0, 0.05) is 11.5 Å². The minimum absolute atomic E-state index is 0.0371. The number of aliphatic carboxylic acids is 1. The van der Waals surface area contributed by atoms with Crippen molar-refractivity contribution in [3.05, 3.63) is 94.3 Å². The fourth-order valence-corrected chi connectivity index (χ4v) is 9.56. The topological polar surface area (TPSA) is 107 Å². The summed E-state index contributed by atoms with van der Waals surface area (Å²) < 4.78 is 20.4. The Morgan fingerprint density at radius 1 is 0.889 bits per heavy atom. The van der Waals surface area contributed by atoms with E-state index < -0.39 is 46.8 Å². The molecule has 2 aliphatic carbocycles. The second kappa shape index (κ2) is 15.6. The maximum absolute atomic E-state index is 14.3. The largest absolute Gasteiger partial charge is 0.480 e. The molecule has 0 bridgehead atoms. The van der Waals surface area contributed by atoms with Gasteiger partial charge in [0.2, 0.25) is 0 Å². The van der Waals surface area contributed by atoms with Crippen molar-refractivity contribution in [1.82, 2.24) is 10.3 Å². The van der Waals surface area contributed by atoms with Crippen molar-refractivity contribution in [2.45, 2.75) is 135 Å². The van der Waals surface area contributed by atoms with Gasteiger partial charge in [-0.2, -0.15) is 0 Å². The number of rotatable bonds is 13.